The van der Waals surface area contributed by atoms with Gasteiger partial charge in [0.2, 0.25) is 5.91 Å². The van der Waals surface area contributed by atoms with Gasteiger partial charge in [-0.25, -0.2) is 13.2 Å². The summed E-state index contributed by atoms with van der Waals surface area (Å²) in [5.74, 6) is -1.84. The Morgan fingerprint density at radius 2 is 1.84 bits per heavy atom. The highest BCUT2D eigenvalue weighted by Crippen LogP contribution is 2.19. The molecule has 1 amide bonds. The second-order valence-electron chi connectivity index (χ2n) is 4.62. The van der Waals surface area contributed by atoms with Gasteiger partial charge in [-0.15, -0.1) is 0 Å². The molecule has 0 aromatic heterocycles. The molecule has 0 spiro atoms. The predicted molar refractivity (Wildman–Crippen MR) is 71.0 cm³/mol. The Morgan fingerprint density at radius 1 is 1.26 bits per heavy atom. The Hall–Kier alpha value is -1.89. The van der Waals surface area contributed by atoms with Crippen LogP contribution in [0.5, 0.6) is 0 Å². The summed E-state index contributed by atoms with van der Waals surface area (Å²) in [4.78, 5) is 22.7. The van der Waals surface area contributed by atoms with E-state index in [9.17, 15) is 18.0 Å². The quantitative estimate of drug-likeness (QED) is 0.864. The first-order valence-electron chi connectivity index (χ1n) is 5.40. The molecule has 0 saturated heterocycles. The van der Waals surface area contributed by atoms with Crippen molar-refractivity contribution in [2.24, 2.45) is 0 Å². The molecule has 0 unspecified atom stereocenters. The van der Waals surface area contributed by atoms with E-state index in [1.807, 2.05) is 0 Å². The van der Waals surface area contributed by atoms with Gasteiger partial charge in [-0.3, -0.25) is 4.79 Å². The molecule has 0 heterocycles. The Bertz CT molecular complexity index is 619. The van der Waals surface area contributed by atoms with Crippen LogP contribution < -0.4 is 5.32 Å². The number of carbonyl (C=O) groups is 2. The first kappa shape index (κ1) is 15.2. The molecule has 104 valence electrons. The van der Waals surface area contributed by atoms with E-state index in [2.05, 4.69) is 5.32 Å². The SMILES string of the molecule is CC(C)(C(=O)Nc1cccc(C(=O)O)c1)S(C)(=O)=O. The van der Waals surface area contributed by atoms with Crippen LogP contribution in [0.15, 0.2) is 24.3 Å². The monoisotopic (exact) mass is 285 g/mol. The van der Waals surface area contributed by atoms with Gasteiger partial charge in [0.05, 0.1) is 5.56 Å². The number of sulfone groups is 1. The Morgan fingerprint density at radius 3 is 2.32 bits per heavy atom. The molecule has 0 aliphatic rings. The average Bonchev–Trinajstić information content (AvgIpc) is 2.27. The maximum atomic E-state index is 11.9. The molecule has 0 aliphatic heterocycles. The lowest BCUT2D eigenvalue weighted by Crippen LogP contribution is -2.43. The fourth-order valence-electron chi connectivity index (χ4n) is 1.18. The van der Waals surface area contributed by atoms with Crippen molar-refractivity contribution in [2.45, 2.75) is 18.6 Å². The van der Waals surface area contributed by atoms with E-state index >= 15 is 0 Å². The van der Waals surface area contributed by atoms with Crippen molar-refractivity contribution in [1.29, 1.82) is 0 Å². The lowest BCUT2D eigenvalue weighted by atomic mass is 10.1. The normalized spacial score (nSPS) is 11.9. The third-order valence-electron chi connectivity index (χ3n) is 2.84. The molecule has 0 fully saturated rings. The summed E-state index contributed by atoms with van der Waals surface area (Å²) >= 11 is 0. The number of aromatic carboxylic acids is 1. The van der Waals surface area contributed by atoms with Gasteiger partial charge in [0, 0.05) is 11.9 Å². The van der Waals surface area contributed by atoms with Gasteiger partial charge >= 0.3 is 5.97 Å². The first-order valence-corrected chi connectivity index (χ1v) is 7.29. The molecule has 7 heteroatoms. The second-order valence-corrected chi connectivity index (χ2v) is 7.19. The number of carboxylic acid groups (broad SMARTS) is 1. The van der Waals surface area contributed by atoms with Crippen molar-refractivity contribution < 1.29 is 23.1 Å². The summed E-state index contributed by atoms with van der Waals surface area (Å²) in [5.41, 5.74) is 0.247. The van der Waals surface area contributed by atoms with Crippen LogP contribution in [0.1, 0.15) is 24.2 Å². The molecule has 0 aliphatic carbocycles. The van der Waals surface area contributed by atoms with Gasteiger partial charge in [-0.1, -0.05) is 6.07 Å². The summed E-state index contributed by atoms with van der Waals surface area (Å²) in [6, 6.07) is 5.59. The minimum absolute atomic E-state index is 0.00922. The number of nitrogens with one attached hydrogen (secondary N) is 1. The van der Waals surface area contributed by atoms with E-state index in [0.29, 0.717) is 0 Å². The van der Waals surface area contributed by atoms with Gasteiger partial charge in [0.25, 0.3) is 0 Å². The summed E-state index contributed by atoms with van der Waals surface area (Å²) < 4.78 is 21.4. The molecule has 2 N–H and O–H groups in total. The van der Waals surface area contributed by atoms with Crippen LogP contribution in [0.2, 0.25) is 0 Å². The maximum absolute atomic E-state index is 11.9. The largest absolute Gasteiger partial charge is 0.478 e. The van der Waals surface area contributed by atoms with E-state index in [0.717, 1.165) is 6.26 Å². The molecule has 0 atom stereocenters. The van der Waals surface area contributed by atoms with Gasteiger partial charge in [0.15, 0.2) is 9.84 Å². The van der Waals surface area contributed by atoms with Crippen molar-refractivity contribution in [3.8, 4) is 0 Å². The summed E-state index contributed by atoms with van der Waals surface area (Å²) in [6.45, 7) is 2.58. The molecule has 6 nitrogen and oxygen atoms in total. The van der Waals surface area contributed by atoms with Crippen molar-refractivity contribution in [3.05, 3.63) is 29.8 Å². The Balaban J connectivity index is 3.01. The third kappa shape index (κ3) is 3.31. The average molecular weight is 285 g/mol. The summed E-state index contributed by atoms with van der Waals surface area (Å²) in [6.07, 6.45) is 0.972. The number of amides is 1. The first-order chi connectivity index (χ1) is 8.55. The fourth-order valence-corrected chi connectivity index (χ4v) is 1.57. The molecule has 1 aromatic rings. The molecule has 1 aromatic carbocycles. The smallest absolute Gasteiger partial charge is 0.335 e. The van der Waals surface area contributed by atoms with E-state index in [-0.39, 0.29) is 11.3 Å². The van der Waals surface area contributed by atoms with Crippen molar-refractivity contribution in [3.63, 3.8) is 0 Å². The van der Waals surface area contributed by atoms with E-state index < -0.39 is 26.5 Å². The van der Waals surface area contributed by atoms with Crippen molar-refractivity contribution in [1.82, 2.24) is 0 Å². The number of carbonyl (C=O) groups excluding carboxylic acids is 1. The lowest BCUT2D eigenvalue weighted by Gasteiger charge is -2.21. The zero-order valence-corrected chi connectivity index (χ0v) is 11.6. The second kappa shape index (κ2) is 5.00. The molecule has 0 saturated carbocycles. The van der Waals surface area contributed by atoms with Gasteiger partial charge in [-0.05, 0) is 32.0 Å². The minimum atomic E-state index is -3.58. The zero-order valence-electron chi connectivity index (χ0n) is 10.8. The Labute approximate surface area is 111 Å². The molecule has 0 bridgehead atoms. The number of benzene rings is 1. The fraction of sp³-hybridized carbons (Fsp3) is 0.333. The van der Waals surface area contributed by atoms with Crippen LogP contribution >= 0.6 is 0 Å². The number of carboxylic acids is 1. The van der Waals surface area contributed by atoms with Crippen LogP contribution in [0, 0.1) is 0 Å². The molecule has 0 radical (unpaired) electrons. The molecular formula is C12H15NO5S. The lowest BCUT2D eigenvalue weighted by molar-refractivity contribution is -0.117. The number of hydrogen-bond acceptors (Lipinski definition) is 4. The van der Waals surface area contributed by atoms with E-state index in [1.165, 1.54) is 38.1 Å². The standard InChI is InChI=1S/C12H15NO5S/c1-12(2,19(3,17)18)11(16)13-9-6-4-5-8(7-9)10(14)15/h4-7H,1-3H3,(H,13,16)(H,14,15). The van der Waals surface area contributed by atoms with Crippen LogP contribution in [-0.4, -0.2) is 36.4 Å². The predicted octanol–water partition coefficient (Wildman–Crippen LogP) is 1.15. The topological polar surface area (TPSA) is 101 Å². The van der Waals surface area contributed by atoms with E-state index in [4.69, 9.17) is 5.11 Å². The summed E-state index contributed by atoms with van der Waals surface area (Å²) in [5, 5.41) is 11.2. The van der Waals surface area contributed by atoms with Crippen LogP contribution in [-0.2, 0) is 14.6 Å². The highest BCUT2D eigenvalue weighted by molar-refractivity contribution is 7.92. The van der Waals surface area contributed by atoms with Gasteiger partial charge in [0.1, 0.15) is 4.75 Å². The highest BCUT2D eigenvalue weighted by atomic mass is 32.2. The number of hydrogen-bond donors (Lipinski definition) is 2. The number of rotatable bonds is 4. The van der Waals surface area contributed by atoms with Crippen LogP contribution in [0.4, 0.5) is 5.69 Å². The molecule has 1 rings (SSSR count). The third-order valence-corrected chi connectivity index (χ3v) is 4.88. The van der Waals surface area contributed by atoms with Crippen LogP contribution in [0.25, 0.3) is 0 Å². The van der Waals surface area contributed by atoms with Crippen LogP contribution in [0.3, 0.4) is 0 Å². The van der Waals surface area contributed by atoms with Crippen molar-refractivity contribution in [2.75, 3.05) is 11.6 Å². The van der Waals surface area contributed by atoms with Gasteiger partial charge in [-0.2, -0.15) is 0 Å². The van der Waals surface area contributed by atoms with Gasteiger partial charge < -0.3 is 10.4 Å². The molecule has 19 heavy (non-hydrogen) atoms. The highest BCUT2D eigenvalue weighted by Gasteiger charge is 2.38. The van der Waals surface area contributed by atoms with E-state index in [1.54, 1.807) is 0 Å². The zero-order chi connectivity index (χ0) is 14.8. The molecular weight excluding hydrogens is 270 g/mol. The number of anilines is 1. The maximum Gasteiger partial charge on any atom is 0.335 e. The van der Waals surface area contributed by atoms with Crippen molar-refractivity contribution >= 4 is 27.4 Å². The minimum Gasteiger partial charge on any atom is -0.478 e. The Kier molecular flexibility index (Phi) is 4.00. The summed E-state index contributed by atoms with van der Waals surface area (Å²) in [7, 11) is -3.58.